The van der Waals surface area contributed by atoms with Gasteiger partial charge in [-0.15, -0.1) is 0 Å². The predicted molar refractivity (Wildman–Crippen MR) is 94.1 cm³/mol. The van der Waals surface area contributed by atoms with Crippen LogP contribution in [0.2, 0.25) is 5.02 Å². The summed E-state index contributed by atoms with van der Waals surface area (Å²) in [5.41, 5.74) is 2.18. The molecule has 0 aromatic heterocycles. The highest BCUT2D eigenvalue weighted by Gasteiger charge is 2.04. The quantitative estimate of drug-likeness (QED) is 0.621. The second-order valence-electron chi connectivity index (χ2n) is 5.47. The Bertz CT molecular complexity index is 641. The molecule has 2 aromatic rings. The first-order valence-corrected chi connectivity index (χ1v) is 8.14. The van der Waals surface area contributed by atoms with Gasteiger partial charge in [0.1, 0.15) is 5.75 Å². The molecule has 0 N–H and O–H groups in total. The summed E-state index contributed by atoms with van der Waals surface area (Å²) in [6.07, 6.45) is 1.85. The number of unbranched alkanes of at least 4 members (excludes halogenated alkanes) is 1. The Morgan fingerprint density at radius 3 is 2.30 bits per heavy atom. The van der Waals surface area contributed by atoms with Crippen molar-refractivity contribution in [2.45, 2.75) is 26.7 Å². The van der Waals surface area contributed by atoms with E-state index in [1.165, 1.54) is 0 Å². The molecule has 0 amide bonds. The second kappa shape index (κ2) is 8.68. The third-order valence-electron chi connectivity index (χ3n) is 3.51. The number of hydrogen-bond acceptors (Lipinski definition) is 3. The Morgan fingerprint density at radius 2 is 1.61 bits per heavy atom. The second-order valence-corrected chi connectivity index (χ2v) is 5.88. The highest BCUT2D eigenvalue weighted by molar-refractivity contribution is 6.31. The van der Waals surface area contributed by atoms with Crippen LogP contribution in [0.15, 0.2) is 36.4 Å². The first kappa shape index (κ1) is 17.5. The highest BCUT2D eigenvalue weighted by atomic mass is 35.5. The Morgan fingerprint density at radius 1 is 0.870 bits per heavy atom. The van der Waals surface area contributed by atoms with Crippen LogP contribution in [-0.4, -0.2) is 20.3 Å². The van der Waals surface area contributed by atoms with Gasteiger partial charge in [-0.05, 0) is 68.1 Å². The molecule has 0 aliphatic heterocycles. The van der Waals surface area contributed by atoms with Gasteiger partial charge in [0.05, 0.1) is 20.3 Å². The van der Waals surface area contributed by atoms with Crippen molar-refractivity contribution in [2.75, 3.05) is 20.3 Å². The van der Waals surface area contributed by atoms with Gasteiger partial charge in [0.2, 0.25) is 0 Å². The average Bonchev–Trinajstić information content (AvgIpc) is 2.55. The molecule has 2 aromatic carbocycles. The lowest BCUT2D eigenvalue weighted by molar-refractivity contribution is 0.258. The van der Waals surface area contributed by atoms with Crippen LogP contribution in [0.1, 0.15) is 24.0 Å². The Labute approximate surface area is 143 Å². The zero-order chi connectivity index (χ0) is 16.7. The molecule has 4 heteroatoms. The Hall–Kier alpha value is -1.87. The van der Waals surface area contributed by atoms with Crippen molar-refractivity contribution in [1.82, 2.24) is 0 Å². The van der Waals surface area contributed by atoms with E-state index in [0.717, 1.165) is 46.2 Å². The Kier molecular flexibility index (Phi) is 6.60. The summed E-state index contributed by atoms with van der Waals surface area (Å²) in [7, 11) is 1.66. The lowest BCUT2D eigenvalue weighted by Crippen LogP contribution is -2.03. The van der Waals surface area contributed by atoms with Gasteiger partial charge in [0.15, 0.2) is 11.5 Å². The topological polar surface area (TPSA) is 27.7 Å². The smallest absolute Gasteiger partial charge is 0.161 e. The van der Waals surface area contributed by atoms with E-state index in [-0.39, 0.29) is 0 Å². The molecule has 0 aliphatic carbocycles. The molecular formula is C19H23ClO3. The number of ether oxygens (including phenoxy) is 3. The molecule has 124 valence electrons. The summed E-state index contributed by atoms with van der Waals surface area (Å²) in [6.45, 7) is 5.30. The first-order chi connectivity index (χ1) is 11.1. The van der Waals surface area contributed by atoms with Crippen LogP contribution in [0, 0.1) is 13.8 Å². The largest absolute Gasteiger partial charge is 0.494 e. The van der Waals surface area contributed by atoms with Crippen LogP contribution in [0.3, 0.4) is 0 Å². The van der Waals surface area contributed by atoms with Crippen molar-refractivity contribution in [3.63, 3.8) is 0 Å². The van der Waals surface area contributed by atoms with E-state index in [1.54, 1.807) is 7.11 Å². The number of aryl methyl sites for hydroxylation is 2. The number of rotatable bonds is 8. The minimum atomic E-state index is 0.641. The molecule has 0 bridgehead atoms. The van der Waals surface area contributed by atoms with Crippen molar-refractivity contribution in [3.8, 4) is 17.2 Å². The monoisotopic (exact) mass is 334 g/mol. The zero-order valence-corrected chi connectivity index (χ0v) is 14.7. The summed E-state index contributed by atoms with van der Waals surface area (Å²) in [5.74, 6) is 2.42. The van der Waals surface area contributed by atoms with E-state index in [4.69, 9.17) is 25.8 Å². The summed E-state index contributed by atoms with van der Waals surface area (Å²) in [4.78, 5) is 0. The highest BCUT2D eigenvalue weighted by Crippen LogP contribution is 2.28. The SMILES string of the molecule is COc1cc(C)ccc1OCCCCOc1ccc(Cl)c(C)c1. The van der Waals surface area contributed by atoms with E-state index in [2.05, 4.69) is 0 Å². The zero-order valence-electron chi connectivity index (χ0n) is 13.9. The molecular weight excluding hydrogens is 312 g/mol. The fourth-order valence-electron chi connectivity index (χ4n) is 2.18. The molecule has 0 unspecified atom stereocenters. The van der Waals surface area contributed by atoms with Crippen molar-refractivity contribution in [1.29, 1.82) is 0 Å². The molecule has 0 aliphatic rings. The van der Waals surface area contributed by atoms with Gasteiger partial charge < -0.3 is 14.2 Å². The van der Waals surface area contributed by atoms with Crippen LogP contribution >= 0.6 is 11.6 Å². The molecule has 0 saturated heterocycles. The molecule has 23 heavy (non-hydrogen) atoms. The van der Waals surface area contributed by atoms with E-state index >= 15 is 0 Å². The maximum absolute atomic E-state index is 5.99. The number of methoxy groups -OCH3 is 1. The van der Waals surface area contributed by atoms with Crippen molar-refractivity contribution >= 4 is 11.6 Å². The normalized spacial score (nSPS) is 10.4. The third kappa shape index (κ3) is 5.36. The van der Waals surface area contributed by atoms with E-state index < -0.39 is 0 Å². The van der Waals surface area contributed by atoms with Crippen LogP contribution in [-0.2, 0) is 0 Å². The Balaban J connectivity index is 1.69. The van der Waals surface area contributed by atoms with Gasteiger partial charge in [-0.25, -0.2) is 0 Å². The molecule has 0 atom stereocenters. The summed E-state index contributed by atoms with van der Waals surface area (Å²) >= 11 is 5.99. The van der Waals surface area contributed by atoms with Gasteiger partial charge in [-0.2, -0.15) is 0 Å². The molecule has 0 spiro atoms. The summed E-state index contributed by atoms with van der Waals surface area (Å²) in [6, 6.07) is 11.6. The fraction of sp³-hybridized carbons (Fsp3) is 0.368. The van der Waals surface area contributed by atoms with Gasteiger partial charge in [0, 0.05) is 5.02 Å². The van der Waals surface area contributed by atoms with Gasteiger partial charge in [-0.3, -0.25) is 0 Å². The van der Waals surface area contributed by atoms with Crippen molar-refractivity contribution < 1.29 is 14.2 Å². The molecule has 3 nitrogen and oxygen atoms in total. The number of benzene rings is 2. The maximum Gasteiger partial charge on any atom is 0.161 e. The average molecular weight is 335 g/mol. The lowest BCUT2D eigenvalue weighted by Gasteiger charge is -2.11. The van der Waals surface area contributed by atoms with Gasteiger partial charge in [0.25, 0.3) is 0 Å². The van der Waals surface area contributed by atoms with Gasteiger partial charge >= 0.3 is 0 Å². The van der Waals surface area contributed by atoms with Crippen LogP contribution < -0.4 is 14.2 Å². The molecule has 0 fully saturated rings. The van der Waals surface area contributed by atoms with Crippen molar-refractivity contribution in [3.05, 3.63) is 52.5 Å². The predicted octanol–water partition coefficient (Wildman–Crippen LogP) is 5.20. The standard InChI is InChI=1S/C19H23ClO3/c1-14-6-9-18(19(12-14)21-3)23-11-5-4-10-22-16-7-8-17(20)15(2)13-16/h6-9,12-13H,4-5,10-11H2,1-3H3. The summed E-state index contributed by atoms with van der Waals surface area (Å²) in [5, 5.41) is 0.762. The third-order valence-corrected chi connectivity index (χ3v) is 3.94. The lowest BCUT2D eigenvalue weighted by atomic mass is 10.2. The molecule has 2 rings (SSSR count). The minimum absolute atomic E-state index is 0.641. The minimum Gasteiger partial charge on any atom is -0.494 e. The number of halogens is 1. The van der Waals surface area contributed by atoms with E-state index in [9.17, 15) is 0 Å². The van der Waals surface area contributed by atoms with Crippen LogP contribution in [0.25, 0.3) is 0 Å². The molecule has 0 heterocycles. The van der Waals surface area contributed by atoms with Crippen molar-refractivity contribution in [2.24, 2.45) is 0 Å². The first-order valence-electron chi connectivity index (χ1n) is 7.76. The molecule has 0 radical (unpaired) electrons. The fourth-order valence-corrected chi connectivity index (χ4v) is 2.29. The molecule has 0 saturated carbocycles. The van der Waals surface area contributed by atoms with Crippen LogP contribution in [0.5, 0.6) is 17.2 Å². The maximum atomic E-state index is 5.99. The van der Waals surface area contributed by atoms with Crippen LogP contribution in [0.4, 0.5) is 0 Å². The van der Waals surface area contributed by atoms with E-state index in [1.807, 2.05) is 50.2 Å². The van der Waals surface area contributed by atoms with Gasteiger partial charge in [-0.1, -0.05) is 17.7 Å². The summed E-state index contributed by atoms with van der Waals surface area (Å²) < 4.78 is 16.8. The number of hydrogen-bond donors (Lipinski definition) is 0. The van der Waals surface area contributed by atoms with E-state index in [0.29, 0.717) is 13.2 Å².